The third kappa shape index (κ3) is 2.81. The van der Waals surface area contributed by atoms with Crippen molar-refractivity contribution < 1.29 is 8.42 Å². The molecule has 1 fully saturated rings. The van der Waals surface area contributed by atoms with Gasteiger partial charge >= 0.3 is 0 Å². The van der Waals surface area contributed by atoms with E-state index in [0.29, 0.717) is 19.0 Å². The van der Waals surface area contributed by atoms with E-state index >= 15 is 0 Å². The summed E-state index contributed by atoms with van der Waals surface area (Å²) in [4.78, 5) is 3.98. The summed E-state index contributed by atoms with van der Waals surface area (Å²) in [6, 6.07) is 3.12. The molecule has 0 aliphatic heterocycles. The number of nitrogen functional groups attached to an aromatic ring is 1. The van der Waals surface area contributed by atoms with Gasteiger partial charge in [-0.15, -0.1) is 0 Å². The molecule has 0 radical (unpaired) electrons. The molecule has 5 nitrogen and oxygen atoms in total. The van der Waals surface area contributed by atoms with Gasteiger partial charge in [-0.25, -0.2) is 13.4 Å². The smallest absolute Gasteiger partial charge is 0.246 e. The maximum atomic E-state index is 12.5. The summed E-state index contributed by atoms with van der Waals surface area (Å²) in [6.07, 6.45) is 4.54. The van der Waals surface area contributed by atoms with E-state index in [1.165, 1.54) is 16.6 Å². The third-order valence-corrected chi connectivity index (χ3v) is 4.96. The van der Waals surface area contributed by atoms with Crippen LogP contribution in [0.4, 0.5) is 5.82 Å². The van der Waals surface area contributed by atoms with Crippen molar-refractivity contribution in [2.24, 2.45) is 5.92 Å². The predicted octanol–water partition coefficient (Wildman–Crippen LogP) is 1.47. The zero-order chi connectivity index (χ0) is 13.2. The number of nitrogens with zero attached hydrogens (tertiary/aromatic N) is 2. The maximum absolute atomic E-state index is 12.5. The molecule has 2 N–H and O–H groups in total. The van der Waals surface area contributed by atoms with Gasteiger partial charge in [0.1, 0.15) is 10.7 Å². The van der Waals surface area contributed by atoms with Crippen molar-refractivity contribution in [3.8, 4) is 0 Å². The largest absolute Gasteiger partial charge is 0.383 e. The fraction of sp³-hybridized carbons (Fsp3) is 0.583. The van der Waals surface area contributed by atoms with Gasteiger partial charge in [0.05, 0.1) is 0 Å². The highest BCUT2D eigenvalue weighted by atomic mass is 32.2. The van der Waals surface area contributed by atoms with Gasteiger partial charge in [0.2, 0.25) is 10.0 Å². The van der Waals surface area contributed by atoms with Crippen LogP contribution in [0.25, 0.3) is 0 Å². The Hall–Kier alpha value is -1.14. The highest BCUT2D eigenvalue weighted by Crippen LogP contribution is 2.32. The van der Waals surface area contributed by atoms with E-state index in [0.717, 1.165) is 19.3 Å². The number of anilines is 1. The third-order valence-electron chi connectivity index (χ3n) is 3.05. The van der Waals surface area contributed by atoms with Gasteiger partial charge in [0.15, 0.2) is 0 Å². The van der Waals surface area contributed by atoms with E-state index in [-0.39, 0.29) is 10.7 Å². The topological polar surface area (TPSA) is 76.3 Å². The summed E-state index contributed by atoms with van der Waals surface area (Å²) in [6.45, 7) is 3.11. The maximum Gasteiger partial charge on any atom is 0.246 e. The monoisotopic (exact) mass is 269 g/mol. The molecular formula is C12H19N3O2S. The molecule has 1 aliphatic carbocycles. The molecule has 0 unspecified atom stereocenters. The van der Waals surface area contributed by atoms with Crippen molar-refractivity contribution >= 4 is 15.8 Å². The molecule has 0 aromatic carbocycles. The number of aromatic nitrogens is 1. The zero-order valence-electron chi connectivity index (χ0n) is 10.5. The summed E-state index contributed by atoms with van der Waals surface area (Å²) in [5.41, 5.74) is 5.67. The minimum Gasteiger partial charge on any atom is -0.383 e. The Morgan fingerprint density at radius 3 is 2.78 bits per heavy atom. The number of sulfonamides is 1. The summed E-state index contributed by atoms with van der Waals surface area (Å²) in [7, 11) is -3.50. The summed E-state index contributed by atoms with van der Waals surface area (Å²) in [5.74, 6) is 0.596. The lowest BCUT2D eigenvalue weighted by atomic mass is 10.4. The van der Waals surface area contributed by atoms with E-state index in [9.17, 15) is 8.42 Å². The molecule has 2 rings (SSSR count). The minimum absolute atomic E-state index is 0.0781. The summed E-state index contributed by atoms with van der Waals surface area (Å²) >= 11 is 0. The van der Waals surface area contributed by atoms with Crippen LogP contribution in [0.15, 0.2) is 23.2 Å². The van der Waals surface area contributed by atoms with Crippen LogP contribution >= 0.6 is 0 Å². The molecule has 0 atom stereocenters. The van der Waals surface area contributed by atoms with Gasteiger partial charge < -0.3 is 5.73 Å². The van der Waals surface area contributed by atoms with E-state index in [1.54, 1.807) is 6.07 Å². The predicted molar refractivity (Wildman–Crippen MR) is 70.4 cm³/mol. The second-order valence-corrected chi connectivity index (χ2v) is 6.60. The van der Waals surface area contributed by atoms with E-state index in [4.69, 9.17) is 5.73 Å². The van der Waals surface area contributed by atoms with Gasteiger partial charge in [0.25, 0.3) is 0 Å². The number of hydrogen-bond donors (Lipinski definition) is 1. The molecular weight excluding hydrogens is 250 g/mol. The molecule has 0 spiro atoms. The van der Waals surface area contributed by atoms with E-state index in [2.05, 4.69) is 4.98 Å². The first kappa shape index (κ1) is 13.3. The Kier molecular flexibility index (Phi) is 3.87. The highest BCUT2D eigenvalue weighted by molar-refractivity contribution is 7.89. The van der Waals surface area contributed by atoms with Gasteiger partial charge in [-0.3, -0.25) is 0 Å². The number of hydrogen-bond acceptors (Lipinski definition) is 4. The van der Waals surface area contributed by atoms with Gasteiger partial charge in [-0.2, -0.15) is 4.31 Å². The van der Waals surface area contributed by atoms with Gasteiger partial charge in [-0.1, -0.05) is 6.92 Å². The lowest BCUT2D eigenvalue weighted by Crippen LogP contribution is -2.34. The van der Waals surface area contributed by atoms with Crippen molar-refractivity contribution in [1.29, 1.82) is 0 Å². The number of nitrogens with two attached hydrogens (primary N) is 1. The molecule has 0 saturated heterocycles. The highest BCUT2D eigenvalue weighted by Gasteiger charge is 2.32. The first-order valence-corrected chi connectivity index (χ1v) is 7.70. The van der Waals surface area contributed by atoms with Crippen LogP contribution in [0.2, 0.25) is 0 Å². The van der Waals surface area contributed by atoms with Crippen molar-refractivity contribution in [2.45, 2.75) is 31.1 Å². The first-order chi connectivity index (χ1) is 8.55. The molecule has 1 aromatic rings. The molecule has 1 aromatic heterocycles. The molecule has 6 heteroatoms. The van der Waals surface area contributed by atoms with Crippen molar-refractivity contribution in [1.82, 2.24) is 9.29 Å². The molecule has 100 valence electrons. The van der Waals surface area contributed by atoms with Crippen LogP contribution in [0.1, 0.15) is 26.2 Å². The average molecular weight is 269 g/mol. The zero-order valence-corrected chi connectivity index (χ0v) is 11.4. The van der Waals surface area contributed by atoms with Crippen LogP contribution in [-0.4, -0.2) is 30.8 Å². The standard InChI is InChI=1S/C12H19N3O2S/c1-2-8-15(9-10-5-6-10)18(16,17)11-4-3-7-14-12(11)13/h3-4,7,10H,2,5-6,8-9H2,1H3,(H2,13,14). The number of pyridine rings is 1. The van der Waals surface area contributed by atoms with Crippen molar-refractivity contribution in [3.05, 3.63) is 18.3 Å². The summed E-state index contributed by atoms with van der Waals surface area (Å²) in [5, 5.41) is 0. The molecule has 0 bridgehead atoms. The lowest BCUT2D eigenvalue weighted by molar-refractivity contribution is 0.396. The molecule has 1 aliphatic rings. The summed E-state index contributed by atoms with van der Waals surface area (Å²) < 4.78 is 26.6. The van der Waals surface area contributed by atoms with Crippen molar-refractivity contribution in [3.63, 3.8) is 0 Å². The second-order valence-electron chi connectivity index (χ2n) is 4.69. The Bertz CT molecular complexity index is 512. The molecule has 18 heavy (non-hydrogen) atoms. The van der Waals surface area contributed by atoms with Crippen LogP contribution < -0.4 is 5.73 Å². The normalized spacial score (nSPS) is 16.1. The fourth-order valence-corrected chi connectivity index (χ4v) is 3.58. The molecule has 1 saturated carbocycles. The average Bonchev–Trinajstić information content (AvgIpc) is 3.13. The Balaban J connectivity index is 2.28. The lowest BCUT2D eigenvalue weighted by Gasteiger charge is -2.21. The second kappa shape index (κ2) is 5.24. The van der Waals surface area contributed by atoms with Crippen LogP contribution in [0.3, 0.4) is 0 Å². The van der Waals surface area contributed by atoms with Crippen LogP contribution in [0.5, 0.6) is 0 Å². The minimum atomic E-state index is -3.50. The SMILES string of the molecule is CCCN(CC1CC1)S(=O)(=O)c1cccnc1N. The Morgan fingerprint density at radius 1 is 1.50 bits per heavy atom. The quantitative estimate of drug-likeness (QED) is 0.848. The molecule has 1 heterocycles. The Morgan fingerprint density at radius 2 is 2.22 bits per heavy atom. The van der Waals surface area contributed by atoms with Gasteiger partial charge in [-0.05, 0) is 37.3 Å². The van der Waals surface area contributed by atoms with Crippen molar-refractivity contribution in [2.75, 3.05) is 18.8 Å². The van der Waals surface area contributed by atoms with E-state index < -0.39 is 10.0 Å². The number of rotatable bonds is 6. The van der Waals surface area contributed by atoms with Crippen LogP contribution in [0, 0.1) is 5.92 Å². The van der Waals surface area contributed by atoms with E-state index in [1.807, 2.05) is 6.92 Å². The van der Waals surface area contributed by atoms with Crippen LogP contribution in [-0.2, 0) is 10.0 Å². The fourth-order valence-electron chi connectivity index (χ4n) is 1.91. The Labute approximate surface area is 108 Å². The molecule has 0 amide bonds. The first-order valence-electron chi connectivity index (χ1n) is 6.26. The van der Waals surface area contributed by atoms with Gasteiger partial charge in [0, 0.05) is 19.3 Å².